The van der Waals surface area contributed by atoms with Crippen molar-refractivity contribution >= 4 is 61.5 Å². The van der Waals surface area contributed by atoms with Gasteiger partial charge in [-0.1, -0.05) is 30.3 Å². The average Bonchev–Trinajstić information content (AvgIpc) is 3.39. The van der Waals surface area contributed by atoms with Crippen molar-refractivity contribution in [3.8, 4) is 0 Å². The quantitative estimate of drug-likeness (QED) is 0.393. The molecule has 2 aromatic heterocycles. The smallest absolute Gasteiger partial charge is 0.244 e. The van der Waals surface area contributed by atoms with Crippen LogP contribution in [0.15, 0.2) is 65.4 Å². The van der Waals surface area contributed by atoms with E-state index in [0.29, 0.717) is 17.4 Å². The maximum Gasteiger partial charge on any atom is 0.244 e. The molecule has 0 bridgehead atoms. The molecule has 0 radical (unpaired) electrons. The molecule has 0 saturated heterocycles. The molecule has 156 valence electrons. The van der Waals surface area contributed by atoms with Gasteiger partial charge >= 0.3 is 0 Å². The molecule has 2 aromatic carbocycles. The van der Waals surface area contributed by atoms with E-state index in [1.807, 2.05) is 23.6 Å². The first-order valence-corrected chi connectivity index (χ1v) is 11.2. The summed E-state index contributed by atoms with van der Waals surface area (Å²) < 4.78 is 15.3. The van der Waals surface area contributed by atoms with Crippen LogP contribution in [0.25, 0.3) is 16.2 Å². The second-order valence-corrected chi connectivity index (χ2v) is 8.42. The zero-order chi connectivity index (χ0) is 21.8. The van der Waals surface area contributed by atoms with Gasteiger partial charge in [0.15, 0.2) is 5.13 Å². The number of hydrogen-bond donors (Lipinski definition) is 1. The number of anilines is 2. The Morgan fingerprint density at radius 1 is 1.10 bits per heavy atom. The number of nitrogens with zero attached hydrogens (tertiary/aromatic N) is 2. The van der Waals surface area contributed by atoms with Gasteiger partial charge in [-0.3, -0.25) is 14.5 Å². The van der Waals surface area contributed by atoms with Gasteiger partial charge in [0.2, 0.25) is 11.8 Å². The Labute approximate surface area is 186 Å². The summed E-state index contributed by atoms with van der Waals surface area (Å²) in [5.41, 5.74) is 1.72. The zero-order valence-corrected chi connectivity index (χ0v) is 18.2. The van der Waals surface area contributed by atoms with Crippen LogP contribution in [0.4, 0.5) is 15.2 Å². The highest BCUT2D eigenvalue weighted by molar-refractivity contribution is 7.17. The van der Waals surface area contributed by atoms with Gasteiger partial charge in [-0.05, 0) is 40.6 Å². The Balaban J connectivity index is 1.43. The number of nitrogens with one attached hydrogen (secondary N) is 1. The molecule has 0 unspecified atom stereocenters. The molecule has 8 heteroatoms. The second-order valence-electron chi connectivity index (χ2n) is 6.67. The van der Waals surface area contributed by atoms with E-state index in [1.165, 1.54) is 46.1 Å². The summed E-state index contributed by atoms with van der Waals surface area (Å²) in [7, 11) is 0. The van der Waals surface area contributed by atoms with E-state index >= 15 is 0 Å². The number of halogens is 1. The molecule has 4 aromatic rings. The van der Waals surface area contributed by atoms with Gasteiger partial charge in [0.05, 0.1) is 11.4 Å². The van der Waals surface area contributed by atoms with E-state index in [-0.39, 0.29) is 17.5 Å². The molecule has 0 aliphatic carbocycles. The summed E-state index contributed by atoms with van der Waals surface area (Å²) >= 11 is 2.85. The van der Waals surface area contributed by atoms with E-state index in [0.717, 1.165) is 10.9 Å². The SMILES string of the molecule is CC(=O)N(c1nc(/C=C/C(=O)NCc2csc3ccccc23)cs1)c1ccccc1F. The normalized spacial score (nSPS) is 11.2. The largest absolute Gasteiger partial charge is 0.348 e. The zero-order valence-electron chi connectivity index (χ0n) is 16.5. The minimum Gasteiger partial charge on any atom is -0.348 e. The molecule has 5 nitrogen and oxygen atoms in total. The van der Waals surface area contributed by atoms with Crippen molar-refractivity contribution in [2.45, 2.75) is 13.5 Å². The minimum absolute atomic E-state index is 0.139. The average molecular weight is 452 g/mol. The summed E-state index contributed by atoms with van der Waals surface area (Å²) in [4.78, 5) is 29.9. The molecule has 0 aliphatic rings. The third-order valence-electron chi connectivity index (χ3n) is 4.53. The fourth-order valence-electron chi connectivity index (χ4n) is 3.07. The molecule has 0 aliphatic heterocycles. The molecule has 0 saturated carbocycles. The van der Waals surface area contributed by atoms with Gasteiger partial charge in [0.1, 0.15) is 5.82 Å². The minimum atomic E-state index is -0.509. The number of aromatic nitrogens is 1. The second kappa shape index (κ2) is 9.20. The Bertz CT molecular complexity index is 1280. The van der Waals surface area contributed by atoms with E-state index in [2.05, 4.69) is 16.4 Å². The summed E-state index contributed by atoms with van der Waals surface area (Å²) in [5, 5.41) is 8.10. The molecule has 31 heavy (non-hydrogen) atoms. The van der Waals surface area contributed by atoms with Crippen molar-refractivity contribution in [2.24, 2.45) is 0 Å². The lowest BCUT2D eigenvalue weighted by Crippen LogP contribution is -2.23. The van der Waals surface area contributed by atoms with Crippen molar-refractivity contribution in [1.29, 1.82) is 0 Å². The monoisotopic (exact) mass is 451 g/mol. The van der Waals surface area contributed by atoms with Gasteiger partial charge < -0.3 is 5.32 Å². The molecule has 4 rings (SSSR count). The maximum absolute atomic E-state index is 14.2. The summed E-state index contributed by atoms with van der Waals surface area (Å²) in [6.07, 6.45) is 2.97. The van der Waals surface area contributed by atoms with Crippen LogP contribution >= 0.6 is 22.7 Å². The first-order chi connectivity index (χ1) is 15.0. The van der Waals surface area contributed by atoms with Crippen molar-refractivity contribution in [1.82, 2.24) is 10.3 Å². The maximum atomic E-state index is 14.2. The number of fused-ring (bicyclic) bond motifs is 1. The highest BCUT2D eigenvalue weighted by atomic mass is 32.1. The van der Waals surface area contributed by atoms with Crippen LogP contribution in [0.2, 0.25) is 0 Å². The van der Waals surface area contributed by atoms with Gasteiger partial charge in [-0.15, -0.1) is 22.7 Å². The number of carbonyl (C=O) groups excluding carboxylic acids is 2. The van der Waals surface area contributed by atoms with E-state index in [9.17, 15) is 14.0 Å². The van der Waals surface area contributed by atoms with Gasteiger partial charge in [-0.25, -0.2) is 9.37 Å². The predicted octanol–water partition coefficient (Wildman–Crippen LogP) is 5.51. The van der Waals surface area contributed by atoms with Crippen LogP contribution in [0, 0.1) is 5.82 Å². The topological polar surface area (TPSA) is 62.3 Å². The lowest BCUT2D eigenvalue weighted by atomic mass is 10.2. The summed E-state index contributed by atoms with van der Waals surface area (Å²) in [6.45, 7) is 1.78. The molecular weight excluding hydrogens is 433 g/mol. The summed E-state index contributed by atoms with van der Waals surface area (Å²) in [6, 6.07) is 14.1. The highest BCUT2D eigenvalue weighted by Crippen LogP contribution is 2.31. The van der Waals surface area contributed by atoms with E-state index in [1.54, 1.807) is 34.9 Å². The first kappa shape index (κ1) is 20.9. The van der Waals surface area contributed by atoms with E-state index in [4.69, 9.17) is 0 Å². The third kappa shape index (κ3) is 4.70. The van der Waals surface area contributed by atoms with Crippen molar-refractivity contribution in [2.75, 3.05) is 4.90 Å². The Morgan fingerprint density at radius 3 is 2.68 bits per heavy atom. The van der Waals surface area contributed by atoms with Crippen LogP contribution in [0.1, 0.15) is 18.2 Å². The lowest BCUT2D eigenvalue weighted by molar-refractivity contribution is -0.117. The van der Waals surface area contributed by atoms with Gasteiger partial charge in [-0.2, -0.15) is 0 Å². The van der Waals surface area contributed by atoms with Gasteiger partial charge in [0, 0.05) is 29.6 Å². The standard InChI is InChI=1S/C23H18FN3O2S2/c1-15(28)27(20-8-4-3-7-19(20)24)23-26-17(14-31-23)10-11-22(29)25-12-16-13-30-21-9-5-2-6-18(16)21/h2-11,13-14H,12H2,1H3,(H,25,29)/b11-10+. The number of amides is 2. The molecule has 0 atom stereocenters. The van der Waals surface area contributed by atoms with Crippen molar-refractivity contribution in [3.05, 3.63) is 82.4 Å². The number of thiazole rings is 1. The van der Waals surface area contributed by atoms with Crippen LogP contribution in [0.5, 0.6) is 0 Å². The fourth-order valence-corrected chi connectivity index (χ4v) is 4.88. The number of para-hydroxylation sites is 1. The van der Waals surface area contributed by atoms with Crippen molar-refractivity contribution < 1.29 is 14.0 Å². The van der Waals surface area contributed by atoms with Crippen LogP contribution in [-0.2, 0) is 16.1 Å². The fraction of sp³-hybridized carbons (Fsp3) is 0.0870. The third-order valence-corrected chi connectivity index (χ3v) is 6.39. The number of benzene rings is 2. The first-order valence-electron chi connectivity index (χ1n) is 9.44. The van der Waals surface area contributed by atoms with E-state index < -0.39 is 5.82 Å². The lowest BCUT2D eigenvalue weighted by Gasteiger charge is -2.18. The number of rotatable bonds is 6. The molecule has 1 N–H and O–H groups in total. The molecule has 0 spiro atoms. The molecular formula is C23H18FN3O2S2. The Kier molecular flexibility index (Phi) is 6.20. The van der Waals surface area contributed by atoms with Crippen molar-refractivity contribution in [3.63, 3.8) is 0 Å². The number of hydrogen-bond acceptors (Lipinski definition) is 5. The van der Waals surface area contributed by atoms with Crippen LogP contribution < -0.4 is 10.2 Å². The number of thiophene rings is 1. The highest BCUT2D eigenvalue weighted by Gasteiger charge is 2.20. The molecule has 2 heterocycles. The molecule has 0 fully saturated rings. The number of carbonyl (C=O) groups is 2. The van der Waals surface area contributed by atoms with Gasteiger partial charge in [0.25, 0.3) is 0 Å². The van der Waals surface area contributed by atoms with Crippen LogP contribution in [0.3, 0.4) is 0 Å². The Morgan fingerprint density at radius 2 is 1.87 bits per heavy atom. The molecule has 2 amide bonds. The Hall–Kier alpha value is -3.36. The summed E-state index contributed by atoms with van der Waals surface area (Å²) in [5.74, 6) is -1.11. The predicted molar refractivity (Wildman–Crippen MR) is 124 cm³/mol. The van der Waals surface area contributed by atoms with Crippen LogP contribution in [-0.4, -0.2) is 16.8 Å².